The zero-order chi connectivity index (χ0) is 13.4. The van der Waals surface area contributed by atoms with E-state index in [0.29, 0.717) is 0 Å². The second kappa shape index (κ2) is 4.24. The molecule has 94 valence electrons. The minimum absolute atomic E-state index is 0.115. The fourth-order valence-corrected chi connectivity index (χ4v) is 2.40. The summed E-state index contributed by atoms with van der Waals surface area (Å²) in [5.74, 6) is 0. The van der Waals surface area contributed by atoms with Crippen molar-refractivity contribution in [1.29, 1.82) is 0 Å². The van der Waals surface area contributed by atoms with Crippen LogP contribution in [-0.2, 0) is 0 Å². The Morgan fingerprint density at radius 1 is 1.11 bits per heavy atom. The SMILES string of the molecule is Cc1[nH]c2ccc([N+](=O)[O-])cc2c1-c1ccccc1. The number of nitrogens with zero attached hydrogens (tertiary/aromatic N) is 1. The van der Waals surface area contributed by atoms with Crippen molar-refractivity contribution >= 4 is 16.6 Å². The van der Waals surface area contributed by atoms with E-state index in [1.54, 1.807) is 12.1 Å². The Balaban J connectivity index is 2.31. The summed E-state index contributed by atoms with van der Waals surface area (Å²) >= 11 is 0. The number of benzene rings is 2. The highest BCUT2D eigenvalue weighted by Crippen LogP contribution is 2.33. The molecular formula is C15H12N2O2. The van der Waals surface area contributed by atoms with E-state index in [0.717, 1.165) is 27.7 Å². The van der Waals surface area contributed by atoms with Gasteiger partial charge in [0.2, 0.25) is 0 Å². The van der Waals surface area contributed by atoms with Crippen LogP contribution in [0.2, 0.25) is 0 Å². The van der Waals surface area contributed by atoms with E-state index in [2.05, 4.69) is 4.98 Å². The molecule has 0 fully saturated rings. The van der Waals surface area contributed by atoms with Crippen LogP contribution in [0, 0.1) is 17.0 Å². The van der Waals surface area contributed by atoms with Crippen molar-refractivity contribution < 1.29 is 4.92 Å². The number of non-ortho nitro benzene ring substituents is 1. The Kier molecular flexibility index (Phi) is 2.56. The van der Waals surface area contributed by atoms with Gasteiger partial charge < -0.3 is 4.98 Å². The fourth-order valence-electron chi connectivity index (χ4n) is 2.40. The summed E-state index contributed by atoms with van der Waals surface area (Å²) in [6.07, 6.45) is 0. The lowest BCUT2D eigenvalue weighted by Gasteiger charge is -2.01. The Labute approximate surface area is 109 Å². The summed E-state index contributed by atoms with van der Waals surface area (Å²) in [6.45, 7) is 1.98. The molecule has 0 radical (unpaired) electrons. The minimum atomic E-state index is -0.365. The lowest BCUT2D eigenvalue weighted by molar-refractivity contribution is -0.384. The molecule has 3 rings (SSSR count). The average molecular weight is 252 g/mol. The first kappa shape index (κ1) is 11.5. The molecule has 2 aromatic carbocycles. The van der Waals surface area contributed by atoms with Crippen molar-refractivity contribution in [2.75, 3.05) is 0 Å². The average Bonchev–Trinajstić information content (AvgIpc) is 2.74. The van der Waals surface area contributed by atoms with Crippen LogP contribution in [-0.4, -0.2) is 9.91 Å². The molecule has 0 aliphatic carbocycles. The topological polar surface area (TPSA) is 58.9 Å². The fraction of sp³-hybridized carbons (Fsp3) is 0.0667. The highest BCUT2D eigenvalue weighted by Gasteiger charge is 2.14. The van der Waals surface area contributed by atoms with Gasteiger partial charge in [0, 0.05) is 34.3 Å². The summed E-state index contributed by atoms with van der Waals surface area (Å²) in [5.41, 5.74) is 4.14. The number of hydrogen-bond donors (Lipinski definition) is 1. The van der Waals surface area contributed by atoms with Gasteiger partial charge in [0.25, 0.3) is 5.69 Å². The molecule has 0 saturated carbocycles. The maximum absolute atomic E-state index is 10.9. The third-order valence-corrected chi connectivity index (χ3v) is 3.24. The van der Waals surface area contributed by atoms with Gasteiger partial charge >= 0.3 is 0 Å². The number of hydrogen-bond acceptors (Lipinski definition) is 2. The van der Waals surface area contributed by atoms with E-state index in [1.807, 2.05) is 37.3 Å². The summed E-state index contributed by atoms with van der Waals surface area (Å²) in [5, 5.41) is 11.8. The highest BCUT2D eigenvalue weighted by atomic mass is 16.6. The van der Waals surface area contributed by atoms with Crippen molar-refractivity contribution in [1.82, 2.24) is 4.98 Å². The summed E-state index contributed by atoms with van der Waals surface area (Å²) in [6, 6.07) is 14.8. The van der Waals surface area contributed by atoms with Crippen LogP contribution >= 0.6 is 0 Å². The van der Waals surface area contributed by atoms with Gasteiger partial charge in [-0.25, -0.2) is 0 Å². The number of nitro groups is 1. The van der Waals surface area contributed by atoms with Crippen LogP contribution < -0.4 is 0 Å². The van der Waals surface area contributed by atoms with E-state index in [1.165, 1.54) is 6.07 Å². The molecule has 0 aliphatic heterocycles. The number of nitro benzene ring substituents is 1. The Morgan fingerprint density at radius 2 is 1.84 bits per heavy atom. The Bertz CT molecular complexity index is 760. The first-order chi connectivity index (χ1) is 9.16. The quantitative estimate of drug-likeness (QED) is 0.552. The van der Waals surface area contributed by atoms with E-state index in [4.69, 9.17) is 0 Å². The van der Waals surface area contributed by atoms with Gasteiger partial charge in [-0.1, -0.05) is 30.3 Å². The molecule has 0 aliphatic rings. The molecule has 1 aromatic heterocycles. The van der Waals surface area contributed by atoms with Gasteiger partial charge in [0.1, 0.15) is 0 Å². The van der Waals surface area contributed by atoms with Crippen LogP contribution in [0.15, 0.2) is 48.5 Å². The van der Waals surface area contributed by atoms with Crippen molar-refractivity contribution in [3.63, 3.8) is 0 Å². The lowest BCUT2D eigenvalue weighted by atomic mass is 10.0. The molecule has 1 heterocycles. The molecule has 3 aromatic rings. The molecule has 0 bridgehead atoms. The lowest BCUT2D eigenvalue weighted by Crippen LogP contribution is -1.86. The van der Waals surface area contributed by atoms with Crippen molar-refractivity contribution in [2.45, 2.75) is 6.92 Å². The molecule has 0 spiro atoms. The van der Waals surface area contributed by atoms with Gasteiger partial charge in [0.15, 0.2) is 0 Å². The smallest absolute Gasteiger partial charge is 0.270 e. The first-order valence-corrected chi connectivity index (χ1v) is 5.99. The number of aromatic nitrogens is 1. The monoisotopic (exact) mass is 252 g/mol. The van der Waals surface area contributed by atoms with Crippen molar-refractivity contribution in [3.8, 4) is 11.1 Å². The normalized spacial score (nSPS) is 10.8. The Hall–Kier alpha value is -2.62. The standard InChI is InChI=1S/C15H12N2O2/c1-10-15(11-5-3-2-4-6-11)13-9-12(17(18)19)7-8-14(13)16-10/h2-9,16H,1H3. The predicted molar refractivity (Wildman–Crippen MR) is 75.1 cm³/mol. The third-order valence-electron chi connectivity index (χ3n) is 3.24. The van der Waals surface area contributed by atoms with Crippen LogP contribution in [0.25, 0.3) is 22.0 Å². The minimum Gasteiger partial charge on any atom is -0.358 e. The maximum atomic E-state index is 10.9. The molecular weight excluding hydrogens is 240 g/mol. The van der Waals surface area contributed by atoms with E-state index in [9.17, 15) is 10.1 Å². The molecule has 4 heteroatoms. The van der Waals surface area contributed by atoms with Gasteiger partial charge in [-0.2, -0.15) is 0 Å². The van der Waals surface area contributed by atoms with Gasteiger partial charge in [-0.15, -0.1) is 0 Å². The number of aryl methyl sites for hydroxylation is 1. The number of fused-ring (bicyclic) bond motifs is 1. The second-order valence-electron chi connectivity index (χ2n) is 4.48. The zero-order valence-corrected chi connectivity index (χ0v) is 10.4. The van der Waals surface area contributed by atoms with Crippen molar-refractivity contribution in [2.24, 2.45) is 0 Å². The second-order valence-corrected chi connectivity index (χ2v) is 4.48. The molecule has 1 N–H and O–H groups in total. The summed E-state index contributed by atoms with van der Waals surface area (Å²) in [4.78, 5) is 13.8. The van der Waals surface area contributed by atoms with Crippen LogP contribution in [0.4, 0.5) is 5.69 Å². The third kappa shape index (κ3) is 1.87. The van der Waals surface area contributed by atoms with E-state index < -0.39 is 0 Å². The zero-order valence-electron chi connectivity index (χ0n) is 10.4. The Morgan fingerprint density at radius 3 is 2.53 bits per heavy atom. The van der Waals surface area contributed by atoms with Crippen LogP contribution in [0.3, 0.4) is 0 Å². The van der Waals surface area contributed by atoms with Crippen molar-refractivity contribution in [3.05, 3.63) is 64.3 Å². The van der Waals surface area contributed by atoms with Gasteiger partial charge in [-0.3, -0.25) is 10.1 Å². The predicted octanol–water partition coefficient (Wildman–Crippen LogP) is 4.05. The number of aromatic amines is 1. The highest BCUT2D eigenvalue weighted by molar-refractivity contribution is 5.98. The summed E-state index contributed by atoms with van der Waals surface area (Å²) in [7, 11) is 0. The van der Waals surface area contributed by atoms with Crippen LogP contribution in [0.5, 0.6) is 0 Å². The molecule has 0 atom stereocenters. The maximum Gasteiger partial charge on any atom is 0.270 e. The van der Waals surface area contributed by atoms with Gasteiger partial charge in [-0.05, 0) is 18.6 Å². The van der Waals surface area contributed by atoms with Crippen LogP contribution in [0.1, 0.15) is 5.69 Å². The molecule has 19 heavy (non-hydrogen) atoms. The first-order valence-electron chi connectivity index (χ1n) is 5.99. The molecule has 4 nitrogen and oxygen atoms in total. The number of nitrogens with one attached hydrogen (secondary N) is 1. The molecule has 0 amide bonds. The molecule has 0 saturated heterocycles. The number of rotatable bonds is 2. The largest absolute Gasteiger partial charge is 0.358 e. The number of H-pyrrole nitrogens is 1. The van der Waals surface area contributed by atoms with Gasteiger partial charge in [0.05, 0.1) is 4.92 Å². The van der Waals surface area contributed by atoms with E-state index in [-0.39, 0.29) is 10.6 Å². The molecule has 0 unspecified atom stereocenters. The summed E-state index contributed by atoms with van der Waals surface area (Å²) < 4.78 is 0. The van der Waals surface area contributed by atoms with E-state index >= 15 is 0 Å².